The summed E-state index contributed by atoms with van der Waals surface area (Å²) in [6.07, 6.45) is 12.1. The fourth-order valence-electron chi connectivity index (χ4n) is 2.24. The van der Waals surface area contributed by atoms with Crippen molar-refractivity contribution in [1.82, 2.24) is 10.2 Å². The van der Waals surface area contributed by atoms with Crippen LogP contribution in [0.25, 0.3) is 0 Å². The average Bonchev–Trinajstić information content (AvgIpc) is 2.88. The predicted octanol–water partition coefficient (Wildman–Crippen LogP) is 2.99. The lowest BCUT2D eigenvalue weighted by molar-refractivity contribution is 0.0347. The zero-order chi connectivity index (χ0) is 14.6. The van der Waals surface area contributed by atoms with Crippen LogP contribution in [0.1, 0.15) is 33.6 Å². The first-order valence-electron chi connectivity index (χ1n) is 7.23. The molecule has 0 aromatic carbocycles. The van der Waals surface area contributed by atoms with Crippen LogP contribution in [0.4, 0.5) is 4.79 Å². The van der Waals surface area contributed by atoms with Crippen LogP contribution >= 0.6 is 0 Å². The topological polar surface area (TPSA) is 41.6 Å². The predicted molar refractivity (Wildman–Crippen MR) is 80.3 cm³/mol. The molecule has 1 fully saturated rings. The van der Waals surface area contributed by atoms with Gasteiger partial charge in [-0.1, -0.05) is 18.2 Å². The van der Waals surface area contributed by atoms with E-state index in [1.165, 1.54) is 12.8 Å². The minimum atomic E-state index is -0.462. The number of allylic oxidation sites excluding steroid dienone is 2. The molecule has 0 saturated carbocycles. The molecule has 2 aliphatic heterocycles. The van der Waals surface area contributed by atoms with E-state index in [4.69, 9.17) is 4.74 Å². The average molecular weight is 276 g/mol. The second-order valence-electron chi connectivity index (χ2n) is 6.25. The number of ether oxygens (including phenoxy) is 1. The van der Waals surface area contributed by atoms with Gasteiger partial charge in [0.1, 0.15) is 5.60 Å². The van der Waals surface area contributed by atoms with E-state index >= 15 is 0 Å². The van der Waals surface area contributed by atoms with Crippen molar-refractivity contribution in [2.45, 2.75) is 45.3 Å². The molecule has 1 amide bonds. The number of nitrogens with one attached hydrogen (secondary N) is 1. The summed E-state index contributed by atoms with van der Waals surface area (Å²) in [5.41, 5.74) is 0.655. The summed E-state index contributed by atoms with van der Waals surface area (Å²) in [6.45, 7) is 7.29. The molecule has 20 heavy (non-hydrogen) atoms. The quantitative estimate of drug-likeness (QED) is 0.843. The molecule has 2 aliphatic rings. The van der Waals surface area contributed by atoms with Crippen LogP contribution in [0.15, 0.2) is 36.1 Å². The second kappa shape index (κ2) is 6.27. The Morgan fingerprint density at radius 2 is 2.30 bits per heavy atom. The third-order valence-electron chi connectivity index (χ3n) is 3.20. The van der Waals surface area contributed by atoms with Crippen LogP contribution in [0.2, 0.25) is 0 Å². The van der Waals surface area contributed by atoms with Crippen molar-refractivity contribution >= 4 is 6.09 Å². The lowest BCUT2D eigenvalue weighted by atomic mass is 10.1. The molecule has 1 saturated heterocycles. The van der Waals surface area contributed by atoms with E-state index in [0.717, 1.165) is 12.1 Å². The van der Waals surface area contributed by atoms with Gasteiger partial charge in [0.15, 0.2) is 0 Å². The third kappa shape index (κ3) is 4.53. The van der Waals surface area contributed by atoms with Crippen molar-refractivity contribution in [2.24, 2.45) is 0 Å². The van der Waals surface area contributed by atoms with Gasteiger partial charge < -0.3 is 10.1 Å². The Morgan fingerprint density at radius 1 is 1.50 bits per heavy atom. The first kappa shape index (κ1) is 14.9. The number of nitrogens with zero attached hydrogens (tertiary/aromatic N) is 1. The van der Waals surface area contributed by atoms with Gasteiger partial charge in [-0.3, -0.25) is 4.90 Å². The van der Waals surface area contributed by atoms with Gasteiger partial charge in [0.25, 0.3) is 0 Å². The van der Waals surface area contributed by atoms with E-state index in [-0.39, 0.29) is 6.09 Å². The van der Waals surface area contributed by atoms with Gasteiger partial charge >= 0.3 is 6.09 Å². The Kier molecular flexibility index (Phi) is 4.65. The molecule has 1 atom stereocenters. The summed E-state index contributed by atoms with van der Waals surface area (Å²) >= 11 is 0. The highest BCUT2D eigenvalue weighted by molar-refractivity contribution is 5.70. The van der Waals surface area contributed by atoms with Crippen molar-refractivity contribution in [2.75, 3.05) is 13.1 Å². The highest BCUT2D eigenvalue weighted by Crippen LogP contribution is 2.15. The van der Waals surface area contributed by atoms with E-state index in [9.17, 15) is 4.79 Å². The maximum atomic E-state index is 12.0. The molecule has 0 bridgehead atoms. The minimum absolute atomic E-state index is 0.299. The summed E-state index contributed by atoms with van der Waals surface area (Å²) in [5, 5.41) is 3.42. The van der Waals surface area contributed by atoms with Gasteiger partial charge in [0.2, 0.25) is 0 Å². The van der Waals surface area contributed by atoms with Crippen molar-refractivity contribution in [3.8, 4) is 0 Å². The van der Waals surface area contributed by atoms with E-state index in [0.29, 0.717) is 12.6 Å². The van der Waals surface area contributed by atoms with E-state index < -0.39 is 5.60 Å². The normalized spacial score (nSPS) is 23.2. The molecule has 2 heterocycles. The fourth-order valence-corrected chi connectivity index (χ4v) is 2.24. The smallest absolute Gasteiger partial charge is 0.414 e. The highest BCUT2D eigenvalue weighted by atomic mass is 16.6. The molecule has 0 spiro atoms. The largest absolute Gasteiger partial charge is 0.443 e. The number of carbonyl (C=O) groups is 1. The molecule has 0 unspecified atom stereocenters. The van der Waals surface area contributed by atoms with Gasteiger partial charge in [0, 0.05) is 12.2 Å². The van der Waals surface area contributed by atoms with Crippen LogP contribution in [-0.2, 0) is 4.74 Å². The summed E-state index contributed by atoms with van der Waals surface area (Å²) < 4.78 is 5.38. The molecule has 0 aromatic rings. The van der Waals surface area contributed by atoms with E-state index in [2.05, 4.69) is 17.5 Å². The lowest BCUT2D eigenvalue weighted by Gasteiger charge is -2.26. The summed E-state index contributed by atoms with van der Waals surface area (Å²) in [7, 11) is 0. The fraction of sp³-hybridized carbons (Fsp3) is 0.562. The lowest BCUT2D eigenvalue weighted by Crippen LogP contribution is -2.35. The minimum Gasteiger partial charge on any atom is -0.443 e. The third-order valence-corrected chi connectivity index (χ3v) is 3.20. The van der Waals surface area contributed by atoms with E-state index in [1.54, 1.807) is 11.1 Å². The van der Waals surface area contributed by atoms with Crippen LogP contribution in [0.5, 0.6) is 0 Å². The van der Waals surface area contributed by atoms with Crippen molar-refractivity contribution < 1.29 is 9.53 Å². The Balaban J connectivity index is 1.89. The van der Waals surface area contributed by atoms with Crippen molar-refractivity contribution in [3.05, 3.63) is 36.1 Å². The Labute approximate surface area is 121 Å². The maximum Gasteiger partial charge on any atom is 0.414 e. The van der Waals surface area contributed by atoms with Gasteiger partial charge in [-0.15, -0.1) is 0 Å². The standard InChI is InChI=1S/C16H24N2O2/c1-16(2,3)20-15(19)18-11-5-6-13(12-18)8-9-14-7-4-10-17-14/h5-6,8-9,11,14,17H,4,7,10,12H2,1-3H3/b9-8+/t14-/m0/s1. The van der Waals surface area contributed by atoms with Gasteiger partial charge in [0.05, 0.1) is 6.54 Å². The maximum absolute atomic E-state index is 12.0. The van der Waals surface area contributed by atoms with Crippen molar-refractivity contribution in [1.29, 1.82) is 0 Å². The molecule has 4 heteroatoms. The molecule has 110 valence electrons. The molecular formula is C16H24N2O2. The van der Waals surface area contributed by atoms with Gasteiger partial charge in [-0.05, 0) is 51.8 Å². The summed E-state index contributed by atoms with van der Waals surface area (Å²) in [6, 6.07) is 0.469. The molecule has 0 aliphatic carbocycles. The molecule has 1 N–H and O–H groups in total. The number of rotatable bonds is 2. The van der Waals surface area contributed by atoms with Crippen LogP contribution < -0.4 is 5.32 Å². The number of hydrogen-bond acceptors (Lipinski definition) is 3. The molecule has 0 aromatic heterocycles. The zero-order valence-electron chi connectivity index (χ0n) is 12.6. The van der Waals surface area contributed by atoms with Crippen LogP contribution in [0, 0.1) is 0 Å². The Morgan fingerprint density at radius 3 is 2.95 bits per heavy atom. The first-order valence-corrected chi connectivity index (χ1v) is 7.23. The number of hydrogen-bond donors (Lipinski definition) is 1. The molecule has 0 radical (unpaired) electrons. The summed E-state index contributed by atoms with van der Waals surface area (Å²) in [4.78, 5) is 13.6. The molecular weight excluding hydrogens is 252 g/mol. The van der Waals surface area contributed by atoms with Crippen molar-refractivity contribution in [3.63, 3.8) is 0 Å². The molecule has 4 nitrogen and oxygen atoms in total. The highest BCUT2D eigenvalue weighted by Gasteiger charge is 2.22. The monoisotopic (exact) mass is 276 g/mol. The number of amides is 1. The zero-order valence-corrected chi connectivity index (χ0v) is 12.6. The van der Waals surface area contributed by atoms with E-state index in [1.807, 2.05) is 32.9 Å². The Hall–Kier alpha value is -1.55. The van der Waals surface area contributed by atoms with Gasteiger partial charge in [-0.25, -0.2) is 4.79 Å². The van der Waals surface area contributed by atoms with Gasteiger partial charge in [-0.2, -0.15) is 0 Å². The Bertz CT molecular complexity index is 438. The SMILES string of the molecule is CC(C)(C)OC(=O)N1C=CC=C(/C=C/[C@@H]2CCCN2)C1. The molecule has 2 rings (SSSR count). The van der Waals surface area contributed by atoms with Crippen LogP contribution in [0.3, 0.4) is 0 Å². The van der Waals surface area contributed by atoms with Crippen LogP contribution in [-0.4, -0.2) is 35.7 Å². The summed E-state index contributed by atoms with van der Waals surface area (Å²) in [5.74, 6) is 0. The second-order valence-corrected chi connectivity index (χ2v) is 6.25. The first-order chi connectivity index (χ1) is 9.44. The number of carbonyl (C=O) groups excluding carboxylic acids is 1.